The molecule has 2 aliphatic rings. The summed E-state index contributed by atoms with van der Waals surface area (Å²) in [5, 5.41) is 14.5. The van der Waals surface area contributed by atoms with Crippen LogP contribution >= 0.6 is 0 Å². The number of aliphatic hydroxyl groups excluding tert-OH is 1. The molecule has 0 aromatic rings. The highest BCUT2D eigenvalue weighted by atomic mass is 16.6. The second-order valence-corrected chi connectivity index (χ2v) is 6.36. The molecule has 1 heterocycles. The Morgan fingerprint density at radius 3 is 2.65 bits per heavy atom. The topological polar surface area (TPSA) is 68.1 Å². The summed E-state index contributed by atoms with van der Waals surface area (Å²) in [6.45, 7) is 5.82. The highest BCUT2D eigenvalue weighted by Crippen LogP contribution is 2.40. The fraction of sp³-hybridized carbons (Fsp3) is 0.667. The van der Waals surface area contributed by atoms with Gasteiger partial charge in [0, 0.05) is 6.42 Å². The Morgan fingerprint density at radius 2 is 2.09 bits per heavy atom. The highest BCUT2D eigenvalue weighted by Gasteiger charge is 2.43. The van der Waals surface area contributed by atoms with E-state index in [9.17, 15) is 9.90 Å². The molecule has 128 valence electrons. The van der Waals surface area contributed by atoms with Gasteiger partial charge in [-0.25, -0.2) is 4.79 Å². The maximum absolute atomic E-state index is 12.5. The van der Waals surface area contributed by atoms with Gasteiger partial charge in [-0.2, -0.15) is 0 Å². The SMILES string of the molecule is C=CCON=C(CCC)C1=C(O)CC2(CCCCCC2)OC1=O. The van der Waals surface area contributed by atoms with Crippen LogP contribution in [0.2, 0.25) is 0 Å². The fourth-order valence-corrected chi connectivity index (χ4v) is 3.35. The number of oxime groups is 1. The maximum atomic E-state index is 12.5. The van der Waals surface area contributed by atoms with Crippen LogP contribution in [0.3, 0.4) is 0 Å². The first-order valence-corrected chi connectivity index (χ1v) is 8.57. The first kappa shape index (κ1) is 17.6. The molecule has 1 fully saturated rings. The first-order valence-electron chi connectivity index (χ1n) is 8.57. The van der Waals surface area contributed by atoms with Gasteiger partial charge in [-0.1, -0.05) is 44.0 Å². The minimum Gasteiger partial charge on any atom is -0.511 e. The average Bonchev–Trinajstić information content (AvgIpc) is 2.72. The number of carbonyl (C=O) groups is 1. The number of rotatable bonds is 6. The van der Waals surface area contributed by atoms with E-state index in [4.69, 9.17) is 9.57 Å². The van der Waals surface area contributed by atoms with Gasteiger partial charge in [0.2, 0.25) is 0 Å². The molecule has 0 unspecified atom stereocenters. The van der Waals surface area contributed by atoms with Crippen LogP contribution in [-0.4, -0.2) is 29.0 Å². The lowest BCUT2D eigenvalue weighted by Crippen LogP contribution is -2.41. The molecular weight excluding hydrogens is 294 g/mol. The number of nitrogens with zero attached hydrogens (tertiary/aromatic N) is 1. The Labute approximate surface area is 138 Å². The molecule has 0 radical (unpaired) electrons. The smallest absolute Gasteiger partial charge is 0.344 e. The second kappa shape index (κ2) is 8.18. The Hall–Kier alpha value is -1.78. The zero-order valence-corrected chi connectivity index (χ0v) is 14.0. The van der Waals surface area contributed by atoms with E-state index in [0.717, 1.165) is 44.9 Å². The Kier molecular flexibility index (Phi) is 6.25. The second-order valence-electron chi connectivity index (χ2n) is 6.36. The zero-order chi connectivity index (χ0) is 16.7. The van der Waals surface area contributed by atoms with E-state index in [1.165, 1.54) is 0 Å². The first-order chi connectivity index (χ1) is 11.1. The van der Waals surface area contributed by atoms with Crippen molar-refractivity contribution < 1.29 is 19.5 Å². The van der Waals surface area contributed by atoms with Crippen molar-refractivity contribution in [1.29, 1.82) is 0 Å². The largest absolute Gasteiger partial charge is 0.511 e. The van der Waals surface area contributed by atoms with Gasteiger partial charge in [0.1, 0.15) is 23.5 Å². The van der Waals surface area contributed by atoms with E-state index < -0.39 is 11.6 Å². The molecule has 1 N–H and O–H groups in total. The summed E-state index contributed by atoms with van der Waals surface area (Å²) in [4.78, 5) is 17.7. The number of hydrogen-bond acceptors (Lipinski definition) is 5. The van der Waals surface area contributed by atoms with Crippen LogP contribution in [0.15, 0.2) is 29.1 Å². The van der Waals surface area contributed by atoms with Crippen molar-refractivity contribution >= 4 is 11.7 Å². The summed E-state index contributed by atoms with van der Waals surface area (Å²) in [6.07, 6.45) is 9.36. The number of aliphatic hydroxyl groups is 1. The number of hydrogen-bond donors (Lipinski definition) is 1. The average molecular weight is 321 g/mol. The molecule has 1 aliphatic heterocycles. The Bertz CT molecular complexity index is 499. The summed E-state index contributed by atoms with van der Waals surface area (Å²) in [5.41, 5.74) is 0.117. The quantitative estimate of drug-likeness (QED) is 0.262. The molecule has 1 aliphatic carbocycles. The van der Waals surface area contributed by atoms with Gasteiger partial charge < -0.3 is 14.7 Å². The van der Waals surface area contributed by atoms with Crippen molar-refractivity contribution in [3.63, 3.8) is 0 Å². The molecule has 2 rings (SSSR count). The fourth-order valence-electron chi connectivity index (χ4n) is 3.35. The third kappa shape index (κ3) is 4.36. The number of ether oxygens (including phenoxy) is 1. The summed E-state index contributed by atoms with van der Waals surface area (Å²) in [5.74, 6) is -0.373. The van der Waals surface area contributed by atoms with Crippen LogP contribution in [0.25, 0.3) is 0 Å². The number of carbonyl (C=O) groups excluding carboxylic acids is 1. The standard InChI is InChI=1S/C18H27NO4/c1-3-9-14(19-22-12-4-2)16-15(20)13-18(23-17(16)21)10-7-5-6-8-11-18/h4,20H,2-3,5-13H2,1H3. The minimum atomic E-state index is -0.527. The molecular formula is C18H27NO4. The van der Waals surface area contributed by atoms with Crippen LogP contribution in [-0.2, 0) is 14.4 Å². The van der Waals surface area contributed by atoms with Gasteiger partial charge in [0.05, 0.1) is 5.71 Å². The number of esters is 1. The van der Waals surface area contributed by atoms with E-state index in [-0.39, 0.29) is 17.9 Å². The molecule has 0 bridgehead atoms. The summed E-state index contributed by atoms with van der Waals surface area (Å²) >= 11 is 0. The van der Waals surface area contributed by atoms with E-state index in [1.54, 1.807) is 6.08 Å². The Balaban J connectivity index is 2.24. The van der Waals surface area contributed by atoms with Crippen LogP contribution in [0.1, 0.15) is 64.7 Å². The van der Waals surface area contributed by atoms with Gasteiger partial charge in [0.25, 0.3) is 0 Å². The lowest BCUT2D eigenvalue weighted by Gasteiger charge is -2.36. The third-order valence-electron chi connectivity index (χ3n) is 4.45. The van der Waals surface area contributed by atoms with Crippen molar-refractivity contribution in [2.45, 2.75) is 70.3 Å². The summed E-state index contributed by atoms with van der Waals surface area (Å²) in [7, 11) is 0. The lowest BCUT2D eigenvalue weighted by molar-refractivity contribution is -0.159. The highest BCUT2D eigenvalue weighted by molar-refractivity contribution is 6.20. The molecule has 5 heteroatoms. The third-order valence-corrected chi connectivity index (χ3v) is 4.45. The van der Waals surface area contributed by atoms with Gasteiger partial charge in [0.15, 0.2) is 0 Å². The maximum Gasteiger partial charge on any atom is 0.344 e. The van der Waals surface area contributed by atoms with Gasteiger partial charge >= 0.3 is 5.97 Å². The van der Waals surface area contributed by atoms with Crippen LogP contribution < -0.4 is 0 Å². The van der Waals surface area contributed by atoms with Crippen LogP contribution in [0.4, 0.5) is 0 Å². The molecule has 1 saturated carbocycles. The van der Waals surface area contributed by atoms with E-state index in [0.29, 0.717) is 18.6 Å². The minimum absolute atomic E-state index is 0.0950. The Morgan fingerprint density at radius 1 is 1.39 bits per heavy atom. The molecule has 0 atom stereocenters. The monoisotopic (exact) mass is 321 g/mol. The van der Waals surface area contributed by atoms with Gasteiger partial charge in [-0.15, -0.1) is 0 Å². The van der Waals surface area contributed by atoms with Crippen LogP contribution in [0, 0.1) is 0 Å². The molecule has 23 heavy (non-hydrogen) atoms. The summed E-state index contributed by atoms with van der Waals surface area (Å²) < 4.78 is 5.80. The van der Waals surface area contributed by atoms with E-state index in [1.807, 2.05) is 6.92 Å². The predicted molar refractivity (Wildman–Crippen MR) is 89.3 cm³/mol. The van der Waals surface area contributed by atoms with E-state index >= 15 is 0 Å². The molecule has 0 aromatic heterocycles. The predicted octanol–water partition coefficient (Wildman–Crippen LogP) is 4.20. The van der Waals surface area contributed by atoms with Crippen molar-refractivity contribution in [2.75, 3.05) is 6.61 Å². The molecule has 0 aromatic carbocycles. The molecule has 0 saturated heterocycles. The van der Waals surface area contributed by atoms with Crippen molar-refractivity contribution in [3.05, 3.63) is 24.0 Å². The summed E-state index contributed by atoms with van der Waals surface area (Å²) in [6, 6.07) is 0. The van der Waals surface area contributed by atoms with Crippen molar-refractivity contribution in [2.24, 2.45) is 5.16 Å². The van der Waals surface area contributed by atoms with Crippen molar-refractivity contribution in [1.82, 2.24) is 0 Å². The molecule has 0 amide bonds. The molecule has 5 nitrogen and oxygen atoms in total. The van der Waals surface area contributed by atoms with E-state index in [2.05, 4.69) is 11.7 Å². The lowest BCUT2D eigenvalue weighted by atomic mass is 9.85. The van der Waals surface area contributed by atoms with Gasteiger partial charge in [-0.05, 0) is 32.1 Å². The normalized spacial score (nSPS) is 21.8. The zero-order valence-electron chi connectivity index (χ0n) is 14.0. The van der Waals surface area contributed by atoms with Crippen molar-refractivity contribution in [3.8, 4) is 0 Å². The van der Waals surface area contributed by atoms with Gasteiger partial charge in [-0.3, -0.25) is 0 Å². The molecule has 1 spiro atoms. The van der Waals surface area contributed by atoms with Crippen LogP contribution in [0.5, 0.6) is 0 Å².